The number of amides is 1. The Kier molecular flexibility index (Phi) is 5.18. The highest BCUT2D eigenvalue weighted by Gasteiger charge is 2.34. The van der Waals surface area contributed by atoms with Crippen LogP contribution < -0.4 is 0 Å². The molecule has 0 aromatic rings. The molecule has 5 nitrogen and oxygen atoms in total. The molecule has 16 heavy (non-hydrogen) atoms. The number of rotatable bonds is 1. The number of ether oxygens (including phenoxy) is 1. The summed E-state index contributed by atoms with van der Waals surface area (Å²) in [7, 11) is 1.00. The van der Waals surface area contributed by atoms with Crippen LogP contribution in [0.4, 0.5) is 0 Å². The lowest BCUT2D eigenvalue weighted by Crippen LogP contribution is -2.61. The van der Waals surface area contributed by atoms with E-state index >= 15 is 0 Å². The van der Waals surface area contributed by atoms with E-state index in [-0.39, 0.29) is 18.6 Å². The van der Waals surface area contributed by atoms with Crippen LogP contribution in [0.3, 0.4) is 0 Å². The highest BCUT2D eigenvalue weighted by atomic mass is 16.5. The Hall–Kier alpha value is -0.650. The van der Waals surface area contributed by atoms with E-state index in [2.05, 4.69) is 18.7 Å². The minimum absolute atomic E-state index is 0.157. The maximum absolute atomic E-state index is 11.5. The van der Waals surface area contributed by atoms with Crippen molar-refractivity contribution in [2.24, 2.45) is 0 Å². The summed E-state index contributed by atoms with van der Waals surface area (Å²) in [5.41, 5.74) is 0. The van der Waals surface area contributed by atoms with Gasteiger partial charge in [-0.25, -0.2) is 0 Å². The van der Waals surface area contributed by atoms with Gasteiger partial charge in [-0.2, -0.15) is 0 Å². The molecule has 2 heterocycles. The quantitative estimate of drug-likeness (QED) is 0.663. The van der Waals surface area contributed by atoms with Gasteiger partial charge in [-0.3, -0.25) is 9.69 Å². The van der Waals surface area contributed by atoms with Crippen LogP contribution in [0.2, 0.25) is 0 Å². The van der Waals surface area contributed by atoms with Gasteiger partial charge in [0.1, 0.15) is 6.61 Å². The zero-order valence-electron chi connectivity index (χ0n) is 10.3. The second kappa shape index (κ2) is 6.18. The molecule has 0 aromatic heterocycles. The van der Waals surface area contributed by atoms with Crippen molar-refractivity contribution in [3.63, 3.8) is 0 Å². The molecule has 5 heteroatoms. The van der Waals surface area contributed by atoms with Crippen molar-refractivity contribution in [1.82, 2.24) is 9.80 Å². The van der Waals surface area contributed by atoms with Gasteiger partial charge >= 0.3 is 0 Å². The molecule has 2 saturated heterocycles. The molecule has 2 aliphatic heterocycles. The molecule has 2 fully saturated rings. The van der Waals surface area contributed by atoms with Gasteiger partial charge in [0.15, 0.2) is 0 Å². The first-order valence-corrected chi connectivity index (χ1v) is 5.74. The van der Waals surface area contributed by atoms with Crippen molar-refractivity contribution in [3.8, 4) is 0 Å². The maximum Gasteiger partial charge on any atom is 0.248 e. The highest BCUT2D eigenvalue weighted by Crippen LogP contribution is 2.16. The van der Waals surface area contributed by atoms with E-state index in [4.69, 9.17) is 9.84 Å². The number of piperazine rings is 1. The van der Waals surface area contributed by atoms with Gasteiger partial charge in [0.25, 0.3) is 0 Å². The molecule has 0 spiro atoms. The Bertz CT molecular complexity index is 233. The molecule has 0 aromatic carbocycles. The Labute approximate surface area is 97.0 Å². The summed E-state index contributed by atoms with van der Waals surface area (Å²) in [6.07, 6.45) is 0. The molecule has 0 radical (unpaired) electrons. The molecule has 0 aliphatic carbocycles. The van der Waals surface area contributed by atoms with E-state index in [0.717, 1.165) is 26.7 Å². The average molecular weight is 230 g/mol. The molecular weight excluding hydrogens is 208 g/mol. The summed E-state index contributed by atoms with van der Waals surface area (Å²) in [4.78, 5) is 15.9. The summed E-state index contributed by atoms with van der Waals surface area (Å²) >= 11 is 0. The van der Waals surface area contributed by atoms with Gasteiger partial charge in [0, 0.05) is 32.8 Å². The lowest BCUT2D eigenvalue weighted by molar-refractivity contribution is -0.153. The van der Waals surface area contributed by atoms with E-state index in [0.29, 0.717) is 12.6 Å². The van der Waals surface area contributed by atoms with Crippen LogP contribution in [0.25, 0.3) is 0 Å². The molecule has 2 aliphatic rings. The number of aliphatic hydroxyl groups is 1. The van der Waals surface area contributed by atoms with Crippen LogP contribution in [0.1, 0.15) is 13.8 Å². The molecule has 1 unspecified atom stereocenters. The first-order chi connectivity index (χ1) is 7.68. The minimum atomic E-state index is 0.157. The molecule has 1 N–H and O–H groups in total. The van der Waals surface area contributed by atoms with Crippen molar-refractivity contribution >= 4 is 5.91 Å². The van der Waals surface area contributed by atoms with Gasteiger partial charge in [0.2, 0.25) is 5.91 Å². The van der Waals surface area contributed by atoms with Crippen LogP contribution in [-0.4, -0.2) is 72.9 Å². The Morgan fingerprint density at radius 2 is 2.06 bits per heavy atom. The Morgan fingerprint density at radius 3 is 2.69 bits per heavy atom. The fraction of sp³-hybridized carbons (Fsp3) is 0.909. The van der Waals surface area contributed by atoms with Crippen molar-refractivity contribution in [2.45, 2.75) is 25.9 Å². The van der Waals surface area contributed by atoms with Crippen LogP contribution >= 0.6 is 0 Å². The zero-order chi connectivity index (χ0) is 12.1. The highest BCUT2D eigenvalue weighted by molar-refractivity contribution is 5.78. The first kappa shape index (κ1) is 13.4. The fourth-order valence-corrected chi connectivity index (χ4v) is 2.18. The number of fused-ring (bicyclic) bond motifs is 1. The minimum Gasteiger partial charge on any atom is -0.400 e. The third-order valence-corrected chi connectivity index (χ3v) is 3.10. The fourth-order valence-electron chi connectivity index (χ4n) is 2.18. The number of aliphatic hydroxyl groups excluding tert-OH is 1. The van der Waals surface area contributed by atoms with Crippen molar-refractivity contribution in [2.75, 3.05) is 40.0 Å². The van der Waals surface area contributed by atoms with E-state index in [1.54, 1.807) is 0 Å². The van der Waals surface area contributed by atoms with Crippen LogP contribution in [0.5, 0.6) is 0 Å². The maximum atomic E-state index is 11.5. The number of carbonyl (C=O) groups is 1. The third-order valence-electron chi connectivity index (χ3n) is 3.10. The number of nitrogens with zero attached hydrogens (tertiary/aromatic N) is 2. The lowest BCUT2D eigenvalue weighted by atomic mass is 10.1. The number of hydrogen-bond acceptors (Lipinski definition) is 4. The molecule has 2 rings (SSSR count). The average Bonchev–Trinajstić information content (AvgIpc) is 2.31. The van der Waals surface area contributed by atoms with Crippen LogP contribution in [-0.2, 0) is 9.53 Å². The number of hydrogen-bond donors (Lipinski definition) is 1. The largest absolute Gasteiger partial charge is 0.400 e. The predicted molar refractivity (Wildman–Crippen MR) is 61.2 cm³/mol. The van der Waals surface area contributed by atoms with E-state index in [1.165, 1.54) is 0 Å². The van der Waals surface area contributed by atoms with E-state index in [9.17, 15) is 4.79 Å². The first-order valence-electron chi connectivity index (χ1n) is 5.74. The molecular formula is C11H22N2O3. The third kappa shape index (κ3) is 2.93. The number of morpholine rings is 1. The van der Waals surface area contributed by atoms with Crippen molar-refractivity contribution in [1.29, 1.82) is 0 Å². The summed E-state index contributed by atoms with van der Waals surface area (Å²) in [6.45, 7) is 8.20. The Balaban J connectivity index is 0.000000606. The zero-order valence-corrected chi connectivity index (χ0v) is 10.3. The van der Waals surface area contributed by atoms with Gasteiger partial charge in [-0.1, -0.05) is 0 Å². The molecule has 1 atom stereocenters. The SMILES string of the molecule is CC(C)N1CCN2C(=O)COCC2C1.CO. The molecule has 94 valence electrons. The molecule has 0 bridgehead atoms. The van der Waals surface area contributed by atoms with E-state index < -0.39 is 0 Å². The second-order valence-corrected chi connectivity index (χ2v) is 4.34. The smallest absolute Gasteiger partial charge is 0.248 e. The monoisotopic (exact) mass is 230 g/mol. The van der Waals surface area contributed by atoms with Gasteiger partial charge in [-0.15, -0.1) is 0 Å². The summed E-state index contributed by atoms with van der Waals surface area (Å²) in [5.74, 6) is 0.157. The van der Waals surface area contributed by atoms with Crippen molar-refractivity contribution in [3.05, 3.63) is 0 Å². The number of carbonyl (C=O) groups excluding carboxylic acids is 1. The summed E-state index contributed by atoms with van der Waals surface area (Å²) in [6, 6.07) is 0.849. The lowest BCUT2D eigenvalue weighted by Gasteiger charge is -2.44. The normalized spacial score (nSPS) is 26.2. The topological polar surface area (TPSA) is 53.0 Å². The van der Waals surface area contributed by atoms with Crippen LogP contribution in [0, 0.1) is 0 Å². The van der Waals surface area contributed by atoms with E-state index in [1.807, 2.05) is 4.90 Å². The van der Waals surface area contributed by atoms with Gasteiger partial charge < -0.3 is 14.7 Å². The molecule has 0 saturated carbocycles. The standard InChI is InChI=1S/C10H18N2O2.CH4O/c1-8(2)11-3-4-12-9(5-11)6-14-7-10(12)13;1-2/h8-9H,3-7H2,1-2H3;2H,1H3. The molecule has 1 amide bonds. The second-order valence-electron chi connectivity index (χ2n) is 4.34. The predicted octanol–water partition coefficient (Wildman–Crippen LogP) is -0.454. The summed E-state index contributed by atoms with van der Waals surface area (Å²) < 4.78 is 5.26. The summed E-state index contributed by atoms with van der Waals surface area (Å²) in [5, 5.41) is 7.00. The van der Waals surface area contributed by atoms with Crippen LogP contribution in [0.15, 0.2) is 0 Å². The van der Waals surface area contributed by atoms with Crippen molar-refractivity contribution < 1.29 is 14.6 Å². The van der Waals surface area contributed by atoms with Gasteiger partial charge in [0.05, 0.1) is 12.6 Å². The van der Waals surface area contributed by atoms with Gasteiger partial charge in [-0.05, 0) is 13.8 Å². The Morgan fingerprint density at radius 1 is 1.38 bits per heavy atom.